The summed E-state index contributed by atoms with van der Waals surface area (Å²) in [5.41, 5.74) is 4.55. The minimum Gasteiger partial charge on any atom is -0.482 e. The van der Waals surface area contributed by atoms with Gasteiger partial charge in [-0.3, -0.25) is 9.59 Å². The van der Waals surface area contributed by atoms with Crippen molar-refractivity contribution in [3.8, 4) is 0 Å². The minimum absolute atomic E-state index is 0.0114. The second-order valence-electron chi connectivity index (χ2n) is 10.2. The lowest BCUT2D eigenvalue weighted by Crippen LogP contribution is -2.58. The van der Waals surface area contributed by atoms with Crippen LogP contribution in [0.1, 0.15) is 42.4 Å². The molecule has 2 atom stereocenters. The van der Waals surface area contributed by atoms with Crippen LogP contribution in [0.2, 0.25) is 5.02 Å². The van der Waals surface area contributed by atoms with Gasteiger partial charge < -0.3 is 19.4 Å². The molecule has 3 aliphatic rings. The van der Waals surface area contributed by atoms with Crippen LogP contribution in [0.3, 0.4) is 0 Å². The zero-order valence-corrected chi connectivity index (χ0v) is 21.8. The maximum absolute atomic E-state index is 13.5. The van der Waals surface area contributed by atoms with Gasteiger partial charge >= 0.3 is 0 Å². The molecule has 0 aromatic heterocycles. The van der Waals surface area contributed by atoms with E-state index in [0.29, 0.717) is 23.9 Å². The van der Waals surface area contributed by atoms with Crippen molar-refractivity contribution in [1.29, 1.82) is 0 Å². The van der Waals surface area contributed by atoms with Gasteiger partial charge in [0.2, 0.25) is 5.91 Å². The number of rotatable bonds is 4. The summed E-state index contributed by atoms with van der Waals surface area (Å²) in [4.78, 5) is 32.9. The standard InChI is InChI=1S/C29H34ClN3O3/c1-20-10-11-21(2)25(16-20)31-12-14-32(15-13-31)28(34)19-33-24-8-3-4-9-26(24)36-27(29(33)35)18-22-6-5-7-23(30)17-22/h5-7,10-11,16-18,24,26H,3-4,8-9,12-15,19H2,1-2H3/b27-18+. The molecule has 2 heterocycles. The number of amides is 2. The van der Waals surface area contributed by atoms with E-state index >= 15 is 0 Å². The second kappa shape index (κ2) is 10.6. The molecule has 2 aliphatic heterocycles. The minimum atomic E-state index is -0.208. The predicted molar refractivity (Wildman–Crippen MR) is 143 cm³/mol. The molecule has 0 N–H and O–H groups in total. The zero-order chi connectivity index (χ0) is 25.2. The van der Waals surface area contributed by atoms with Crippen LogP contribution in [0.5, 0.6) is 0 Å². The molecule has 0 bridgehead atoms. The van der Waals surface area contributed by atoms with E-state index in [1.54, 1.807) is 17.0 Å². The van der Waals surface area contributed by atoms with E-state index in [-0.39, 0.29) is 30.5 Å². The fourth-order valence-electron chi connectivity index (χ4n) is 5.61. The summed E-state index contributed by atoms with van der Waals surface area (Å²) in [6.45, 7) is 7.23. The molecule has 5 rings (SSSR count). The lowest BCUT2D eigenvalue weighted by Gasteiger charge is -2.45. The molecule has 6 nitrogen and oxygen atoms in total. The molecule has 1 aliphatic carbocycles. The maximum atomic E-state index is 13.5. The number of halogens is 1. The lowest BCUT2D eigenvalue weighted by molar-refractivity contribution is -0.154. The summed E-state index contributed by atoms with van der Waals surface area (Å²) in [6, 6.07) is 13.8. The highest BCUT2D eigenvalue weighted by atomic mass is 35.5. The van der Waals surface area contributed by atoms with Gasteiger partial charge in [-0.1, -0.05) is 42.3 Å². The van der Waals surface area contributed by atoms with E-state index in [1.807, 2.05) is 23.1 Å². The smallest absolute Gasteiger partial charge is 0.289 e. The summed E-state index contributed by atoms with van der Waals surface area (Å²) in [6.07, 6.45) is 5.56. The molecule has 190 valence electrons. The Kier molecular flexibility index (Phi) is 7.24. The van der Waals surface area contributed by atoms with Crippen LogP contribution in [0.4, 0.5) is 5.69 Å². The van der Waals surface area contributed by atoms with Crippen molar-refractivity contribution < 1.29 is 14.3 Å². The quantitative estimate of drug-likeness (QED) is 0.557. The number of ether oxygens (including phenoxy) is 1. The number of fused-ring (bicyclic) bond motifs is 1. The first-order valence-corrected chi connectivity index (χ1v) is 13.3. The van der Waals surface area contributed by atoms with E-state index in [2.05, 4.69) is 36.9 Å². The fourth-order valence-corrected chi connectivity index (χ4v) is 5.81. The SMILES string of the molecule is Cc1ccc(C)c(N2CCN(C(=O)CN3C(=O)/C(=C\c4cccc(Cl)c4)OC4CCCCC43)CC2)c1. The molecule has 2 amide bonds. The highest BCUT2D eigenvalue weighted by Crippen LogP contribution is 2.33. The average Bonchev–Trinajstić information content (AvgIpc) is 2.88. The first kappa shape index (κ1) is 24.7. The number of carbonyl (C=O) groups excluding carboxylic acids is 2. The maximum Gasteiger partial charge on any atom is 0.289 e. The van der Waals surface area contributed by atoms with Gasteiger partial charge in [-0.2, -0.15) is 0 Å². The molecule has 2 aromatic rings. The first-order valence-electron chi connectivity index (χ1n) is 12.9. The van der Waals surface area contributed by atoms with Crippen LogP contribution in [0, 0.1) is 13.8 Å². The summed E-state index contributed by atoms with van der Waals surface area (Å²) in [5.74, 6) is 0.103. The third-order valence-electron chi connectivity index (χ3n) is 7.61. The van der Waals surface area contributed by atoms with Crippen molar-refractivity contribution in [3.05, 3.63) is 69.9 Å². The van der Waals surface area contributed by atoms with Crippen molar-refractivity contribution in [2.75, 3.05) is 37.6 Å². The molecule has 36 heavy (non-hydrogen) atoms. The molecule has 3 fully saturated rings. The van der Waals surface area contributed by atoms with Crippen molar-refractivity contribution in [1.82, 2.24) is 9.80 Å². The van der Waals surface area contributed by atoms with Crippen molar-refractivity contribution in [2.24, 2.45) is 0 Å². The van der Waals surface area contributed by atoms with E-state index in [1.165, 1.54) is 16.8 Å². The number of nitrogens with zero attached hydrogens (tertiary/aromatic N) is 3. The molecule has 0 radical (unpaired) electrons. The first-order chi connectivity index (χ1) is 17.4. The Hall–Kier alpha value is -2.99. The van der Waals surface area contributed by atoms with Gasteiger partial charge in [0.05, 0.1) is 6.04 Å². The van der Waals surface area contributed by atoms with E-state index in [9.17, 15) is 9.59 Å². The van der Waals surface area contributed by atoms with Crippen LogP contribution < -0.4 is 4.90 Å². The van der Waals surface area contributed by atoms with Gasteiger partial charge in [0.15, 0.2) is 5.76 Å². The Balaban J connectivity index is 1.29. The van der Waals surface area contributed by atoms with E-state index < -0.39 is 0 Å². The number of piperazine rings is 1. The Morgan fingerprint density at radius 1 is 1.06 bits per heavy atom. The molecule has 0 spiro atoms. The molecule has 1 saturated carbocycles. The van der Waals surface area contributed by atoms with Crippen LogP contribution in [-0.4, -0.2) is 66.5 Å². The van der Waals surface area contributed by atoms with E-state index in [0.717, 1.165) is 44.3 Å². The molecule has 2 aromatic carbocycles. The van der Waals surface area contributed by atoms with Gasteiger partial charge in [-0.15, -0.1) is 0 Å². The van der Waals surface area contributed by atoms with Crippen molar-refractivity contribution in [3.63, 3.8) is 0 Å². The molecule has 2 unspecified atom stereocenters. The van der Waals surface area contributed by atoms with Crippen LogP contribution in [0.25, 0.3) is 6.08 Å². The van der Waals surface area contributed by atoms with Gasteiger partial charge in [0.25, 0.3) is 5.91 Å². The van der Waals surface area contributed by atoms with Crippen LogP contribution in [0.15, 0.2) is 48.2 Å². The number of aryl methyl sites for hydroxylation is 2. The third-order valence-corrected chi connectivity index (χ3v) is 7.84. The van der Waals surface area contributed by atoms with Gasteiger partial charge in [-0.05, 0) is 74.1 Å². The molecular formula is C29H34ClN3O3. The predicted octanol–water partition coefficient (Wildman–Crippen LogP) is 4.82. The average molecular weight is 508 g/mol. The van der Waals surface area contributed by atoms with Crippen molar-refractivity contribution in [2.45, 2.75) is 51.7 Å². The molecule has 7 heteroatoms. The highest BCUT2D eigenvalue weighted by molar-refractivity contribution is 6.30. The largest absolute Gasteiger partial charge is 0.482 e. The monoisotopic (exact) mass is 507 g/mol. The third kappa shape index (κ3) is 5.24. The molecule has 2 saturated heterocycles. The lowest BCUT2D eigenvalue weighted by atomic mass is 9.89. The Morgan fingerprint density at radius 2 is 1.83 bits per heavy atom. The Bertz CT molecular complexity index is 1170. The van der Waals surface area contributed by atoms with E-state index in [4.69, 9.17) is 16.3 Å². The Labute approximate surface area is 218 Å². The van der Waals surface area contributed by atoms with Gasteiger partial charge in [0.1, 0.15) is 12.6 Å². The number of anilines is 1. The Morgan fingerprint density at radius 3 is 2.61 bits per heavy atom. The second-order valence-corrected chi connectivity index (χ2v) is 10.6. The molecular weight excluding hydrogens is 474 g/mol. The van der Waals surface area contributed by atoms with Crippen LogP contribution in [-0.2, 0) is 14.3 Å². The number of carbonyl (C=O) groups is 2. The normalized spacial score (nSPS) is 23.5. The van der Waals surface area contributed by atoms with Crippen LogP contribution >= 0.6 is 11.6 Å². The number of benzene rings is 2. The summed E-state index contributed by atoms with van der Waals surface area (Å²) < 4.78 is 6.18. The number of hydrogen-bond acceptors (Lipinski definition) is 4. The van der Waals surface area contributed by atoms with Gasteiger partial charge in [-0.25, -0.2) is 0 Å². The zero-order valence-electron chi connectivity index (χ0n) is 21.1. The fraction of sp³-hybridized carbons (Fsp3) is 0.448. The summed E-state index contributed by atoms with van der Waals surface area (Å²) in [5, 5.41) is 0.607. The van der Waals surface area contributed by atoms with Crippen molar-refractivity contribution >= 4 is 35.2 Å². The number of morpholine rings is 1. The van der Waals surface area contributed by atoms with Gasteiger partial charge in [0, 0.05) is 36.9 Å². The summed E-state index contributed by atoms with van der Waals surface area (Å²) >= 11 is 6.14. The highest BCUT2D eigenvalue weighted by Gasteiger charge is 2.42. The number of hydrogen-bond donors (Lipinski definition) is 0. The topological polar surface area (TPSA) is 53.1 Å². The summed E-state index contributed by atoms with van der Waals surface area (Å²) in [7, 11) is 0.